The maximum Gasteiger partial charge on any atom is 0.316 e. The van der Waals surface area contributed by atoms with Gasteiger partial charge in [0.1, 0.15) is 5.76 Å². The predicted molar refractivity (Wildman–Crippen MR) is 123 cm³/mol. The van der Waals surface area contributed by atoms with Gasteiger partial charge in [0.05, 0.1) is 21.5 Å². The molecule has 0 unspecified atom stereocenters. The zero-order valence-corrected chi connectivity index (χ0v) is 20.0. The molecule has 0 aliphatic rings. The summed E-state index contributed by atoms with van der Waals surface area (Å²) in [5, 5.41) is 4.78. The van der Waals surface area contributed by atoms with E-state index in [1.807, 2.05) is 38.3 Å². The van der Waals surface area contributed by atoms with Crippen LogP contribution in [0.5, 0.6) is 0 Å². The molecule has 0 bridgehead atoms. The average Bonchev–Trinajstić information content (AvgIpc) is 3.20. The maximum absolute atomic E-state index is 12.7. The highest BCUT2D eigenvalue weighted by Crippen LogP contribution is 2.28. The van der Waals surface area contributed by atoms with Crippen molar-refractivity contribution in [2.24, 2.45) is 0 Å². The number of benzene rings is 1. The van der Waals surface area contributed by atoms with Gasteiger partial charge < -0.3 is 13.8 Å². The standard InChI is InChI=1S/C22H22Cl2N2O4S/c1-12-7-17(14(3)26(12)16-5-6-19(23)20(24)8-16)21(27)9-29-22(28)11-31-10-18-13(2)25-30-15(18)4/h5-8H,9-11H2,1-4H3. The molecule has 9 heteroatoms. The fourth-order valence-corrected chi connectivity index (χ4v) is 4.54. The van der Waals surface area contributed by atoms with E-state index in [0.717, 1.165) is 34.1 Å². The number of nitrogens with zero attached hydrogens (tertiary/aromatic N) is 2. The highest BCUT2D eigenvalue weighted by atomic mass is 35.5. The van der Waals surface area contributed by atoms with Crippen LogP contribution < -0.4 is 0 Å². The molecule has 1 aromatic carbocycles. The Morgan fingerprint density at radius 3 is 2.52 bits per heavy atom. The van der Waals surface area contributed by atoms with E-state index in [0.29, 0.717) is 21.4 Å². The van der Waals surface area contributed by atoms with E-state index in [4.69, 9.17) is 32.5 Å². The van der Waals surface area contributed by atoms with Crippen molar-refractivity contribution in [3.05, 3.63) is 68.3 Å². The molecule has 0 aliphatic carbocycles. The molecule has 6 nitrogen and oxygen atoms in total. The Labute approximate surface area is 194 Å². The molecule has 31 heavy (non-hydrogen) atoms. The third kappa shape index (κ3) is 5.34. The van der Waals surface area contributed by atoms with Crippen molar-refractivity contribution in [3.63, 3.8) is 0 Å². The van der Waals surface area contributed by atoms with Gasteiger partial charge in [0.2, 0.25) is 5.78 Å². The molecule has 3 rings (SSSR count). The van der Waals surface area contributed by atoms with E-state index >= 15 is 0 Å². The number of carbonyl (C=O) groups is 2. The van der Waals surface area contributed by atoms with Crippen LogP contribution in [-0.2, 0) is 15.3 Å². The molecule has 0 amide bonds. The largest absolute Gasteiger partial charge is 0.457 e. The van der Waals surface area contributed by atoms with E-state index in [-0.39, 0.29) is 18.1 Å². The minimum Gasteiger partial charge on any atom is -0.457 e. The zero-order valence-electron chi connectivity index (χ0n) is 17.6. The van der Waals surface area contributed by atoms with Crippen LogP contribution in [0, 0.1) is 27.7 Å². The van der Waals surface area contributed by atoms with Crippen LogP contribution in [-0.4, -0.2) is 33.8 Å². The number of hydrogen-bond acceptors (Lipinski definition) is 6. The van der Waals surface area contributed by atoms with Gasteiger partial charge in [-0.3, -0.25) is 9.59 Å². The van der Waals surface area contributed by atoms with Gasteiger partial charge in [0.25, 0.3) is 0 Å². The van der Waals surface area contributed by atoms with Crippen molar-refractivity contribution in [1.82, 2.24) is 9.72 Å². The van der Waals surface area contributed by atoms with E-state index in [2.05, 4.69) is 5.16 Å². The van der Waals surface area contributed by atoms with Crippen LogP contribution in [0.25, 0.3) is 5.69 Å². The summed E-state index contributed by atoms with van der Waals surface area (Å²) in [6.45, 7) is 7.11. The fraction of sp³-hybridized carbons (Fsp3) is 0.318. The van der Waals surface area contributed by atoms with Gasteiger partial charge in [-0.05, 0) is 52.0 Å². The number of carbonyl (C=O) groups excluding carboxylic acids is 2. The molecule has 0 spiro atoms. The summed E-state index contributed by atoms with van der Waals surface area (Å²) in [4.78, 5) is 24.7. The Kier molecular flexibility index (Phi) is 7.51. The number of aryl methyl sites for hydroxylation is 3. The number of aromatic nitrogens is 2. The van der Waals surface area contributed by atoms with Gasteiger partial charge in [-0.1, -0.05) is 28.4 Å². The Morgan fingerprint density at radius 2 is 1.87 bits per heavy atom. The lowest BCUT2D eigenvalue weighted by Gasteiger charge is -2.11. The fourth-order valence-electron chi connectivity index (χ4n) is 3.28. The van der Waals surface area contributed by atoms with Crippen LogP contribution >= 0.6 is 35.0 Å². The molecule has 0 radical (unpaired) electrons. The minimum absolute atomic E-state index is 0.139. The Bertz CT molecular complexity index is 1120. The minimum atomic E-state index is -0.441. The third-order valence-electron chi connectivity index (χ3n) is 4.90. The SMILES string of the molecule is Cc1noc(C)c1CSCC(=O)OCC(=O)c1cc(C)n(-c2ccc(Cl)c(Cl)c2)c1C. The topological polar surface area (TPSA) is 74.3 Å². The maximum atomic E-state index is 12.7. The van der Waals surface area contributed by atoms with Gasteiger partial charge in [-0.2, -0.15) is 0 Å². The van der Waals surface area contributed by atoms with Gasteiger partial charge >= 0.3 is 5.97 Å². The first-order chi connectivity index (χ1) is 14.7. The van der Waals surface area contributed by atoms with Crippen LogP contribution in [0.1, 0.15) is 38.8 Å². The number of thioether (sulfide) groups is 1. The molecule has 3 aromatic rings. The number of esters is 1. The molecule has 0 saturated heterocycles. The van der Waals surface area contributed by atoms with Crippen molar-refractivity contribution >= 4 is 46.7 Å². The van der Waals surface area contributed by atoms with E-state index in [9.17, 15) is 9.59 Å². The number of halogens is 2. The highest BCUT2D eigenvalue weighted by molar-refractivity contribution is 7.99. The summed E-state index contributed by atoms with van der Waals surface area (Å²) < 4.78 is 12.2. The zero-order chi connectivity index (χ0) is 22.7. The Morgan fingerprint density at radius 1 is 1.13 bits per heavy atom. The molecule has 0 atom stereocenters. The van der Waals surface area contributed by atoms with E-state index < -0.39 is 5.97 Å². The number of hydrogen-bond donors (Lipinski definition) is 0. The average molecular weight is 481 g/mol. The second-order valence-corrected chi connectivity index (χ2v) is 8.90. The molecule has 2 aromatic heterocycles. The summed E-state index contributed by atoms with van der Waals surface area (Å²) in [6, 6.07) is 7.06. The normalized spacial score (nSPS) is 11.0. The van der Waals surface area contributed by atoms with Crippen LogP contribution in [0.3, 0.4) is 0 Å². The van der Waals surface area contributed by atoms with Crippen molar-refractivity contribution < 1.29 is 18.8 Å². The number of ketones is 1. The number of rotatable bonds is 8. The van der Waals surface area contributed by atoms with Crippen molar-refractivity contribution in [1.29, 1.82) is 0 Å². The Hall–Kier alpha value is -2.22. The molecule has 164 valence electrons. The molecule has 0 N–H and O–H groups in total. The first-order valence-electron chi connectivity index (χ1n) is 9.51. The lowest BCUT2D eigenvalue weighted by atomic mass is 10.1. The first-order valence-corrected chi connectivity index (χ1v) is 11.4. The summed E-state index contributed by atoms with van der Waals surface area (Å²) in [5.74, 6) is 0.770. The van der Waals surface area contributed by atoms with Crippen molar-refractivity contribution in [3.8, 4) is 5.69 Å². The van der Waals surface area contributed by atoms with Crippen molar-refractivity contribution in [2.45, 2.75) is 33.4 Å². The number of ether oxygens (including phenoxy) is 1. The highest BCUT2D eigenvalue weighted by Gasteiger charge is 2.19. The monoisotopic (exact) mass is 480 g/mol. The summed E-state index contributed by atoms with van der Waals surface area (Å²) in [5.41, 5.74) is 4.69. The molecule has 2 heterocycles. The molecule has 0 saturated carbocycles. The van der Waals surface area contributed by atoms with Crippen molar-refractivity contribution in [2.75, 3.05) is 12.4 Å². The molecular weight excluding hydrogens is 459 g/mol. The van der Waals surface area contributed by atoms with Gasteiger partial charge in [-0.25, -0.2) is 0 Å². The molecular formula is C22H22Cl2N2O4S. The quantitative estimate of drug-likeness (QED) is 0.305. The van der Waals surface area contributed by atoms with E-state index in [1.54, 1.807) is 18.2 Å². The van der Waals surface area contributed by atoms with Crippen LogP contribution in [0.2, 0.25) is 10.0 Å². The van der Waals surface area contributed by atoms with Crippen LogP contribution in [0.4, 0.5) is 0 Å². The Balaban J connectivity index is 1.59. The van der Waals surface area contributed by atoms with Crippen LogP contribution in [0.15, 0.2) is 28.8 Å². The van der Waals surface area contributed by atoms with E-state index in [1.165, 1.54) is 11.8 Å². The first kappa shape index (κ1) is 23.4. The summed E-state index contributed by atoms with van der Waals surface area (Å²) in [7, 11) is 0. The van der Waals surface area contributed by atoms with Gasteiger partial charge in [0, 0.05) is 34.0 Å². The number of Topliss-reactive ketones (excluding diaryl/α,β-unsaturated/α-hetero) is 1. The smallest absolute Gasteiger partial charge is 0.316 e. The summed E-state index contributed by atoms with van der Waals surface area (Å²) in [6.07, 6.45) is 0. The molecule has 0 aliphatic heterocycles. The lowest BCUT2D eigenvalue weighted by molar-refractivity contribution is -0.139. The lowest BCUT2D eigenvalue weighted by Crippen LogP contribution is -2.16. The van der Waals surface area contributed by atoms with Gasteiger partial charge in [-0.15, -0.1) is 11.8 Å². The summed E-state index contributed by atoms with van der Waals surface area (Å²) >= 11 is 13.5. The second-order valence-electron chi connectivity index (χ2n) is 7.10. The predicted octanol–water partition coefficient (Wildman–Crippen LogP) is 5.67. The third-order valence-corrected chi connectivity index (χ3v) is 6.58. The second kappa shape index (κ2) is 9.94. The van der Waals surface area contributed by atoms with Gasteiger partial charge in [0.15, 0.2) is 6.61 Å². The molecule has 0 fully saturated rings.